The molecular formula is C8H7BrN2. The Morgan fingerprint density at radius 3 is 2.82 bits per heavy atom. The van der Waals surface area contributed by atoms with Crippen molar-refractivity contribution in [3.8, 4) is 6.19 Å². The smallest absolute Gasteiger partial charge is 0.181 e. The van der Waals surface area contributed by atoms with Gasteiger partial charge in [-0.05, 0) is 30.7 Å². The maximum atomic E-state index is 8.31. The fourth-order valence-electron chi connectivity index (χ4n) is 0.787. The summed E-state index contributed by atoms with van der Waals surface area (Å²) in [6.45, 7) is 1.98. The largest absolute Gasteiger partial charge is 0.293 e. The van der Waals surface area contributed by atoms with Crippen molar-refractivity contribution in [2.45, 2.75) is 6.92 Å². The summed E-state index contributed by atoms with van der Waals surface area (Å²) < 4.78 is 1.06. The summed E-state index contributed by atoms with van der Waals surface area (Å²) in [4.78, 5) is 0. The SMILES string of the molecule is Cc1cc(NC#N)ccc1Br. The van der Waals surface area contributed by atoms with Crippen LogP contribution in [0.4, 0.5) is 5.69 Å². The Morgan fingerprint density at radius 1 is 1.55 bits per heavy atom. The highest BCUT2D eigenvalue weighted by atomic mass is 79.9. The molecule has 0 saturated carbocycles. The van der Waals surface area contributed by atoms with Gasteiger partial charge in [-0.25, -0.2) is 0 Å². The Bertz CT molecular complexity index is 301. The van der Waals surface area contributed by atoms with Crippen LogP contribution < -0.4 is 5.32 Å². The lowest BCUT2D eigenvalue weighted by Crippen LogP contribution is -1.87. The third kappa shape index (κ3) is 1.95. The molecule has 56 valence electrons. The van der Waals surface area contributed by atoms with E-state index >= 15 is 0 Å². The number of rotatable bonds is 1. The summed E-state index contributed by atoms with van der Waals surface area (Å²) >= 11 is 3.37. The van der Waals surface area contributed by atoms with Crippen molar-refractivity contribution in [2.24, 2.45) is 0 Å². The molecule has 1 aromatic rings. The molecule has 1 aromatic carbocycles. The molecule has 2 nitrogen and oxygen atoms in total. The molecule has 0 spiro atoms. The molecule has 1 rings (SSSR count). The molecule has 0 aliphatic rings. The summed E-state index contributed by atoms with van der Waals surface area (Å²) in [5.74, 6) is 0. The highest BCUT2D eigenvalue weighted by Crippen LogP contribution is 2.19. The van der Waals surface area contributed by atoms with E-state index < -0.39 is 0 Å². The number of aryl methyl sites for hydroxylation is 1. The van der Waals surface area contributed by atoms with Gasteiger partial charge in [0.05, 0.1) is 0 Å². The summed E-state index contributed by atoms with van der Waals surface area (Å²) in [6.07, 6.45) is 1.87. The Morgan fingerprint density at radius 2 is 2.27 bits per heavy atom. The number of hydrogen-bond acceptors (Lipinski definition) is 2. The van der Waals surface area contributed by atoms with Crippen LogP contribution in [-0.2, 0) is 0 Å². The van der Waals surface area contributed by atoms with Crippen LogP contribution in [0.25, 0.3) is 0 Å². The van der Waals surface area contributed by atoms with E-state index in [9.17, 15) is 0 Å². The molecule has 0 aliphatic heterocycles. The lowest BCUT2D eigenvalue weighted by atomic mass is 10.2. The van der Waals surface area contributed by atoms with Crippen LogP contribution in [0.3, 0.4) is 0 Å². The zero-order valence-corrected chi connectivity index (χ0v) is 7.64. The van der Waals surface area contributed by atoms with E-state index in [-0.39, 0.29) is 0 Å². The highest BCUT2D eigenvalue weighted by Gasteiger charge is 1.94. The summed E-state index contributed by atoms with van der Waals surface area (Å²) in [7, 11) is 0. The number of hydrogen-bond donors (Lipinski definition) is 1. The highest BCUT2D eigenvalue weighted by molar-refractivity contribution is 9.10. The van der Waals surface area contributed by atoms with Gasteiger partial charge in [-0.2, -0.15) is 5.26 Å². The van der Waals surface area contributed by atoms with Gasteiger partial charge in [0.2, 0.25) is 0 Å². The molecule has 11 heavy (non-hydrogen) atoms. The molecule has 0 bridgehead atoms. The molecule has 1 N–H and O–H groups in total. The van der Waals surface area contributed by atoms with Crippen LogP contribution in [0.1, 0.15) is 5.56 Å². The first-order chi connectivity index (χ1) is 5.24. The van der Waals surface area contributed by atoms with Crippen molar-refractivity contribution in [1.82, 2.24) is 0 Å². The number of halogens is 1. The van der Waals surface area contributed by atoms with Crippen molar-refractivity contribution >= 4 is 21.6 Å². The minimum atomic E-state index is 0.827. The third-order valence-electron chi connectivity index (χ3n) is 1.36. The number of nitrogens with zero attached hydrogens (tertiary/aromatic N) is 1. The van der Waals surface area contributed by atoms with Crippen molar-refractivity contribution in [1.29, 1.82) is 5.26 Å². The van der Waals surface area contributed by atoms with Crippen LogP contribution in [0.15, 0.2) is 22.7 Å². The van der Waals surface area contributed by atoms with Crippen molar-refractivity contribution in [3.05, 3.63) is 28.2 Å². The van der Waals surface area contributed by atoms with Crippen LogP contribution in [0.5, 0.6) is 0 Å². The van der Waals surface area contributed by atoms with Crippen LogP contribution >= 0.6 is 15.9 Å². The van der Waals surface area contributed by atoms with Gasteiger partial charge in [0, 0.05) is 10.2 Å². The molecule has 0 radical (unpaired) electrons. The number of benzene rings is 1. The Kier molecular flexibility index (Phi) is 2.50. The van der Waals surface area contributed by atoms with Gasteiger partial charge in [-0.1, -0.05) is 15.9 Å². The topological polar surface area (TPSA) is 35.8 Å². The van der Waals surface area contributed by atoms with Gasteiger partial charge >= 0.3 is 0 Å². The first-order valence-electron chi connectivity index (χ1n) is 3.15. The maximum Gasteiger partial charge on any atom is 0.181 e. The molecule has 0 fully saturated rings. The van der Waals surface area contributed by atoms with E-state index in [4.69, 9.17) is 5.26 Å². The quantitative estimate of drug-likeness (QED) is 0.572. The van der Waals surface area contributed by atoms with Crippen molar-refractivity contribution < 1.29 is 0 Å². The first-order valence-corrected chi connectivity index (χ1v) is 3.94. The number of anilines is 1. The molecule has 0 unspecified atom stereocenters. The average Bonchev–Trinajstić information content (AvgIpc) is 1.98. The predicted octanol–water partition coefficient (Wildman–Crippen LogP) is 2.65. The monoisotopic (exact) mass is 210 g/mol. The molecule has 3 heteroatoms. The molecule has 0 aliphatic carbocycles. The van der Waals surface area contributed by atoms with Crippen LogP contribution in [-0.4, -0.2) is 0 Å². The van der Waals surface area contributed by atoms with E-state index in [0.29, 0.717) is 0 Å². The van der Waals surface area contributed by atoms with Crippen LogP contribution in [0.2, 0.25) is 0 Å². The van der Waals surface area contributed by atoms with Crippen LogP contribution in [0, 0.1) is 18.4 Å². The second kappa shape index (κ2) is 3.40. The fraction of sp³-hybridized carbons (Fsp3) is 0.125. The van der Waals surface area contributed by atoms with E-state index in [1.54, 1.807) is 0 Å². The molecule has 0 amide bonds. The fourth-order valence-corrected chi connectivity index (χ4v) is 1.03. The standard InChI is InChI=1S/C8H7BrN2/c1-6-4-7(11-5-10)2-3-8(6)9/h2-4,11H,1H3. The van der Waals surface area contributed by atoms with E-state index in [1.807, 2.05) is 31.3 Å². The van der Waals surface area contributed by atoms with Gasteiger partial charge in [0.25, 0.3) is 0 Å². The molecular weight excluding hydrogens is 204 g/mol. The Hall–Kier alpha value is -1.01. The molecule has 0 atom stereocenters. The van der Waals surface area contributed by atoms with Crippen molar-refractivity contribution in [3.63, 3.8) is 0 Å². The zero-order chi connectivity index (χ0) is 8.27. The molecule has 0 heterocycles. The minimum absolute atomic E-state index is 0.827. The van der Waals surface area contributed by atoms with Gasteiger partial charge in [-0.15, -0.1) is 0 Å². The van der Waals surface area contributed by atoms with Gasteiger partial charge in [0.15, 0.2) is 6.19 Å². The summed E-state index contributed by atoms with van der Waals surface area (Å²) in [6, 6.07) is 5.67. The minimum Gasteiger partial charge on any atom is -0.293 e. The maximum absolute atomic E-state index is 8.31. The number of nitrogens with one attached hydrogen (secondary N) is 1. The average molecular weight is 211 g/mol. The van der Waals surface area contributed by atoms with Gasteiger partial charge in [0.1, 0.15) is 0 Å². The second-order valence-electron chi connectivity index (χ2n) is 2.20. The number of nitriles is 1. The zero-order valence-electron chi connectivity index (χ0n) is 6.06. The van der Waals surface area contributed by atoms with Gasteiger partial charge in [-0.3, -0.25) is 5.32 Å². The summed E-state index contributed by atoms with van der Waals surface area (Å²) in [5.41, 5.74) is 1.94. The first kappa shape index (κ1) is 8.09. The van der Waals surface area contributed by atoms with E-state index in [0.717, 1.165) is 15.7 Å². The summed E-state index contributed by atoms with van der Waals surface area (Å²) in [5, 5.41) is 10.9. The van der Waals surface area contributed by atoms with Crippen molar-refractivity contribution in [2.75, 3.05) is 5.32 Å². The Balaban J connectivity index is 2.98. The molecule has 0 saturated heterocycles. The normalized spacial score (nSPS) is 8.82. The molecule has 0 aromatic heterocycles. The lowest BCUT2D eigenvalue weighted by molar-refractivity contribution is 1.41. The predicted molar refractivity (Wildman–Crippen MR) is 48.1 cm³/mol. The van der Waals surface area contributed by atoms with E-state index in [2.05, 4.69) is 21.2 Å². The van der Waals surface area contributed by atoms with E-state index in [1.165, 1.54) is 0 Å². The third-order valence-corrected chi connectivity index (χ3v) is 2.25. The second-order valence-corrected chi connectivity index (χ2v) is 3.06. The Labute approximate surface area is 74.0 Å². The van der Waals surface area contributed by atoms with Gasteiger partial charge < -0.3 is 0 Å². The lowest BCUT2D eigenvalue weighted by Gasteiger charge is -2.00.